The van der Waals surface area contributed by atoms with Gasteiger partial charge in [-0.25, -0.2) is 9.97 Å². The van der Waals surface area contributed by atoms with E-state index >= 15 is 0 Å². The molecule has 8 bridgehead atoms. The van der Waals surface area contributed by atoms with Crippen LogP contribution in [0, 0.1) is 0 Å². The molecule has 0 amide bonds. The molecule has 0 aliphatic carbocycles. The van der Waals surface area contributed by atoms with Crippen LogP contribution in [0.2, 0.25) is 0 Å². The van der Waals surface area contributed by atoms with Crippen LogP contribution < -0.4 is 9.97 Å². The molecule has 0 saturated heterocycles. The van der Waals surface area contributed by atoms with E-state index in [4.69, 9.17) is 19.9 Å². The van der Waals surface area contributed by atoms with E-state index in [1.807, 2.05) is 91.0 Å². The van der Waals surface area contributed by atoms with Crippen molar-refractivity contribution in [2.75, 3.05) is 0 Å². The molecule has 7 aromatic rings. The van der Waals surface area contributed by atoms with E-state index in [2.05, 4.69) is 72.8 Å². The van der Waals surface area contributed by atoms with E-state index in [-0.39, 0.29) is 17.1 Å². The number of hydrogen-bond acceptors (Lipinski definition) is 3. The molecule has 0 saturated carbocycles. The third-order valence-corrected chi connectivity index (χ3v) is 9.13. The van der Waals surface area contributed by atoms with Crippen molar-refractivity contribution in [1.29, 1.82) is 0 Å². The summed E-state index contributed by atoms with van der Waals surface area (Å²) in [4.78, 5) is 32.7. The van der Waals surface area contributed by atoms with Crippen LogP contribution in [0.5, 0.6) is 0 Å². The molecule has 0 spiro atoms. The Morgan fingerprint density at radius 3 is 0.961 bits per heavy atom. The third-order valence-electron chi connectivity index (χ3n) is 9.13. The first-order valence-electron chi connectivity index (χ1n) is 16.5. The Kier molecular flexibility index (Phi) is 8.46. The molecule has 3 aromatic heterocycles. The average Bonchev–Trinajstić information content (AvgIpc) is 4.01. The number of nitrogens with zero attached hydrogens (tertiary/aromatic N) is 4. The van der Waals surface area contributed by atoms with Gasteiger partial charge in [-0.05, 0) is 68.8 Å². The van der Waals surface area contributed by atoms with Gasteiger partial charge in [-0.15, -0.1) is 22.1 Å². The number of rotatable bonds is 5. The molecule has 0 unspecified atom stereocenters. The summed E-state index contributed by atoms with van der Waals surface area (Å²) in [6, 6.07) is 46.7. The number of carbonyl (C=O) groups is 1. The first-order chi connectivity index (χ1) is 24.7. The maximum absolute atomic E-state index is 11.6. The predicted octanol–water partition coefficient (Wildman–Crippen LogP) is 10.4. The summed E-state index contributed by atoms with van der Waals surface area (Å²) in [6.45, 7) is 0. The molecule has 245 valence electrons. The quantitative estimate of drug-likeness (QED) is 0.132. The van der Waals surface area contributed by atoms with Crippen LogP contribution in [0.15, 0.2) is 140 Å². The van der Waals surface area contributed by atoms with Crippen LogP contribution >= 0.6 is 0 Å². The second-order valence-corrected chi connectivity index (χ2v) is 12.2. The molecule has 1 radical (unpaired) electrons. The van der Waals surface area contributed by atoms with Gasteiger partial charge in [0.15, 0.2) is 0 Å². The normalized spacial score (nSPS) is 11.7. The molecule has 2 aliphatic heterocycles. The fraction of sp³-hybridized carbons (Fsp3) is 0. The van der Waals surface area contributed by atoms with Crippen molar-refractivity contribution < 1.29 is 21.9 Å². The van der Waals surface area contributed by atoms with Crippen molar-refractivity contribution in [3.05, 3.63) is 168 Å². The van der Waals surface area contributed by atoms with E-state index in [9.17, 15) is 4.79 Å². The van der Waals surface area contributed by atoms with Gasteiger partial charge in [0.25, 0.3) is 0 Å². The molecule has 9 rings (SSSR count). The molecular weight excluding hydrogens is 676 g/mol. The number of hydrogen-bond donors (Lipinski definition) is 0. The van der Waals surface area contributed by atoms with Gasteiger partial charge >= 0.3 is 17.1 Å². The SMILES string of the molecule is O=Cc1ccc(-c2c3nc(c(-c4ccccc4)c4ccc([n-]4)c(-c4ccccc4)c4nc(c(-c5ccccc5)c5ccc2[n-]5)C=C4)C=C3)cc1.[Cu+2]. The first-order valence-corrected chi connectivity index (χ1v) is 16.5. The monoisotopic (exact) mass is 703 g/mol. The van der Waals surface area contributed by atoms with E-state index in [1.54, 1.807) is 0 Å². The van der Waals surface area contributed by atoms with Crippen molar-refractivity contribution in [3.8, 4) is 44.5 Å². The third kappa shape index (κ3) is 5.87. The zero-order valence-electron chi connectivity index (χ0n) is 27.2. The topological polar surface area (TPSA) is 71.1 Å². The summed E-state index contributed by atoms with van der Waals surface area (Å²) >= 11 is 0. The van der Waals surface area contributed by atoms with Crippen LogP contribution in [-0.4, -0.2) is 16.3 Å². The Balaban J connectivity index is 0.00000374. The first kappa shape index (κ1) is 31.9. The van der Waals surface area contributed by atoms with Crippen LogP contribution in [0.4, 0.5) is 0 Å². The van der Waals surface area contributed by atoms with Gasteiger partial charge in [-0.3, -0.25) is 4.79 Å². The maximum atomic E-state index is 11.6. The van der Waals surface area contributed by atoms with Gasteiger partial charge in [0, 0.05) is 5.56 Å². The van der Waals surface area contributed by atoms with Crippen molar-refractivity contribution in [1.82, 2.24) is 19.9 Å². The molecule has 5 nitrogen and oxygen atoms in total. The summed E-state index contributed by atoms with van der Waals surface area (Å²) in [6.07, 6.45) is 9.12. The van der Waals surface area contributed by atoms with Gasteiger partial charge in [0.1, 0.15) is 6.29 Å². The van der Waals surface area contributed by atoms with E-state index in [0.717, 1.165) is 95.6 Å². The second kappa shape index (κ2) is 13.5. The van der Waals surface area contributed by atoms with Crippen molar-refractivity contribution in [3.63, 3.8) is 0 Å². The minimum atomic E-state index is 0. The van der Waals surface area contributed by atoms with Gasteiger partial charge in [0.05, 0.1) is 22.8 Å². The molecule has 0 N–H and O–H groups in total. The van der Waals surface area contributed by atoms with Crippen LogP contribution in [0.25, 0.3) is 90.9 Å². The molecule has 0 atom stereocenters. The molecule has 0 fully saturated rings. The molecule has 2 aliphatic rings. The Morgan fingerprint density at radius 2 is 0.667 bits per heavy atom. The summed E-state index contributed by atoms with van der Waals surface area (Å²) in [5.41, 5.74) is 14.8. The van der Waals surface area contributed by atoms with Crippen LogP contribution in [-0.2, 0) is 17.1 Å². The second-order valence-electron chi connectivity index (χ2n) is 12.2. The summed E-state index contributed by atoms with van der Waals surface area (Å²) in [7, 11) is 0. The van der Waals surface area contributed by atoms with E-state index in [0.29, 0.717) is 5.56 Å². The summed E-state index contributed by atoms with van der Waals surface area (Å²) in [5, 5.41) is 0. The fourth-order valence-corrected chi connectivity index (χ4v) is 6.81. The number of fused-ring (bicyclic) bond motifs is 8. The largest absolute Gasteiger partial charge is 2.00 e. The van der Waals surface area contributed by atoms with E-state index in [1.165, 1.54) is 0 Å². The zero-order chi connectivity index (χ0) is 33.4. The molecule has 51 heavy (non-hydrogen) atoms. The van der Waals surface area contributed by atoms with E-state index < -0.39 is 0 Å². The molecule has 5 heterocycles. The van der Waals surface area contributed by atoms with Crippen molar-refractivity contribution >= 4 is 52.7 Å². The average molecular weight is 704 g/mol. The van der Waals surface area contributed by atoms with Gasteiger partial charge in [0.2, 0.25) is 0 Å². The zero-order valence-corrected chi connectivity index (χ0v) is 28.1. The number of aldehydes is 1. The van der Waals surface area contributed by atoms with Crippen LogP contribution in [0.1, 0.15) is 33.1 Å². The molecule has 4 aromatic carbocycles. The predicted molar refractivity (Wildman–Crippen MR) is 204 cm³/mol. The number of carbonyl (C=O) groups excluding carboxylic acids is 1. The Bertz CT molecular complexity index is 2600. The Morgan fingerprint density at radius 1 is 0.373 bits per heavy atom. The minimum Gasteiger partial charge on any atom is -0.657 e. The van der Waals surface area contributed by atoms with Gasteiger partial charge in [-0.2, -0.15) is 0 Å². The Hall–Kier alpha value is -6.33. The fourth-order valence-electron chi connectivity index (χ4n) is 6.81. The number of aromatic nitrogens is 4. The Labute approximate surface area is 305 Å². The maximum Gasteiger partial charge on any atom is 2.00 e. The van der Waals surface area contributed by atoms with Crippen molar-refractivity contribution in [2.45, 2.75) is 0 Å². The number of benzene rings is 4. The summed E-state index contributed by atoms with van der Waals surface area (Å²) < 4.78 is 0. The van der Waals surface area contributed by atoms with Crippen LogP contribution in [0.3, 0.4) is 0 Å². The van der Waals surface area contributed by atoms with Gasteiger partial charge in [-0.1, -0.05) is 140 Å². The minimum absolute atomic E-state index is 0. The summed E-state index contributed by atoms with van der Waals surface area (Å²) in [5.74, 6) is 0. The molecule has 6 heteroatoms. The molecular formula is C45H28CuN4O. The van der Waals surface area contributed by atoms with Crippen molar-refractivity contribution in [2.24, 2.45) is 0 Å². The standard InChI is InChI=1S/C45H29N4O.Cu/c50-28-29-16-18-33(19-17-29)45-40-26-24-38(48-40)43(31-12-6-2-7-13-31)36-22-20-34(46-36)42(30-10-4-1-5-11-30)35-21-23-37(47-35)44(32-14-8-3-9-15-32)39-25-27-41(45)49-39;/h1-28H,(H-,46,47,48,49,50);/q-1;+2/p-1. The van der Waals surface area contributed by atoms with Gasteiger partial charge < -0.3 is 9.97 Å². The smallest absolute Gasteiger partial charge is 0.657 e.